The van der Waals surface area contributed by atoms with Gasteiger partial charge in [-0.25, -0.2) is 18.1 Å². The Hall–Kier alpha value is -2.95. The number of benzene rings is 1. The number of carbonyl (C=O) groups excluding carboxylic acids is 2. The van der Waals surface area contributed by atoms with Crippen molar-refractivity contribution in [1.29, 1.82) is 0 Å². The Labute approximate surface area is 181 Å². The molecular weight excluding hydrogens is 420 g/mol. The van der Waals surface area contributed by atoms with Crippen molar-refractivity contribution in [2.45, 2.75) is 12.5 Å². The largest absolute Gasteiger partial charge is 0.466 e. The first-order valence-corrected chi connectivity index (χ1v) is 11.4. The van der Waals surface area contributed by atoms with Gasteiger partial charge in [-0.3, -0.25) is 9.69 Å². The van der Waals surface area contributed by atoms with E-state index >= 15 is 0 Å². The van der Waals surface area contributed by atoms with E-state index in [9.17, 15) is 18.0 Å². The van der Waals surface area contributed by atoms with Crippen LogP contribution < -0.4 is 5.32 Å². The predicted octanol–water partition coefficient (Wildman–Crippen LogP) is 1.62. The summed E-state index contributed by atoms with van der Waals surface area (Å²) in [6.07, 6.45) is 3.03. The Balaban J connectivity index is 1.36. The van der Waals surface area contributed by atoms with Crippen LogP contribution in [0.15, 0.2) is 58.6 Å². The Morgan fingerprint density at radius 3 is 2.42 bits per heavy atom. The maximum absolute atomic E-state index is 12.9. The van der Waals surface area contributed by atoms with Crippen molar-refractivity contribution >= 4 is 28.0 Å². The van der Waals surface area contributed by atoms with Crippen molar-refractivity contribution < 1.29 is 22.4 Å². The van der Waals surface area contributed by atoms with Crippen LogP contribution in [0.4, 0.5) is 4.79 Å². The van der Waals surface area contributed by atoms with Gasteiger partial charge >= 0.3 is 6.03 Å². The van der Waals surface area contributed by atoms with E-state index in [-0.39, 0.29) is 19.8 Å². The van der Waals surface area contributed by atoms with E-state index in [0.29, 0.717) is 18.8 Å². The molecule has 2 aromatic rings. The minimum absolute atomic E-state index is 0.0920. The van der Waals surface area contributed by atoms with Crippen molar-refractivity contribution in [3.8, 4) is 0 Å². The Kier molecular flexibility index (Phi) is 5.69. The van der Waals surface area contributed by atoms with Crippen LogP contribution in [0.5, 0.6) is 0 Å². The molecule has 10 heteroatoms. The molecule has 1 unspecified atom stereocenters. The van der Waals surface area contributed by atoms with Crippen LogP contribution in [0.3, 0.4) is 0 Å². The van der Waals surface area contributed by atoms with Crippen molar-refractivity contribution in [2.24, 2.45) is 0 Å². The van der Waals surface area contributed by atoms with Crippen molar-refractivity contribution in [3.63, 3.8) is 0 Å². The highest BCUT2D eigenvalue weighted by molar-refractivity contribution is 7.92. The molecule has 9 nitrogen and oxygen atoms in total. The number of carbonyl (C=O) groups is 2. The second-order valence-electron chi connectivity index (χ2n) is 7.68. The lowest BCUT2D eigenvalue weighted by atomic mass is 9.99. The molecule has 0 radical (unpaired) electrons. The number of amides is 3. The number of sulfonamides is 1. The van der Waals surface area contributed by atoms with E-state index < -0.39 is 27.5 Å². The van der Waals surface area contributed by atoms with Gasteiger partial charge in [-0.05, 0) is 30.7 Å². The fourth-order valence-electron chi connectivity index (χ4n) is 3.70. The van der Waals surface area contributed by atoms with Gasteiger partial charge in [-0.1, -0.05) is 30.3 Å². The summed E-state index contributed by atoms with van der Waals surface area (Å²) in [6.45, 7) is 3.07. The lowest BCUT2D eigenvalue weighted by Gasteiger charge is -2.34. The lowest BCUT2D eigenvalue weighted by Crippen LogP contribution is -2.52. The molecule has 2 aliphatic rings. The minimum Gasteiger partial charge on any atom is -0.466 e. The predicted molar refractivity (Wildman–Crippen MR) is 114 cm³/mol. The van der Waals surface area contributed by atoms with Crippen molar-refractivity contribution in [3.05, 3.63) is 65.5 Å². The molecule has 1 atom stereocenters. The zero-order valence-electron chi connectivity index (χ0n) is 17.1. The summed E-state index contributed by atoms with van der Waals surface area (Å²) in [6, 6.07) is 12.0. The number of urea groups is 1. The van der Waals surface area contributed by atoms with E-state index in [0.717, 1.165) is 10.5 Å². The second-order valence-corrected chi connectivity index (χ2v) is 9.50. The number of furan rings is 1. The van der Waals surface area contributed by atoms with Gasteiger partial charge in [0.1, 0.15) is 5.76 Å². The van der Waals surface area contributed by atoms with Gasteiger partial charge < -0.3 is 9.73 Å². The molecule has 0 aliphatic carbocycles. The van der Waals surface area contributed by atoms with E-state index in [4.69, 9.17) is 4.42 Å². The van der Waals surface area contributed by atoms with E-state index in [2.05, 4.69) is 5.32 Å². The van der Waals surface area contributed by atoms with Gasteiger partial charge in [-0.2, -0.15) is 4.31 Å². The third-order valence-electron chi connectivity index (χ3n) is 5.55. The first-order valence-electron chi connectivity index (χ1n) is 9.93. The van der Waals surface area contributed by atoms with Crippen LogP contribution in [-0.2, 0) is 20.4 Å². The first-order chi connectivity index (χ1) is 14.8. The summed E-state index contributed by atoms with van der Waals surface area (Å²) in [5.74, 6) is -0.0252. The highest BCUT2D eigenvalue weighted by Gasteiger charge is 2.51. The Morgan fingerprint density at radius 2 is 1.77 bits per heavy atom. The standard InChI is InChI=1S/C21H24N4O5S/c1-21(18-8-5-14-30-18)19(26)25(20(27)22-21)16-23-10-12-24(13-11-23)31(28,29)15-9-17-6-3-2-4-7-17/h2-9,14-15H,10-13,16H2,1H3,(H,22,27)/b15-9+. The first kappa shape index (κ1) is 21.3. The number of piperazine rings is 1. The summed E-state index contributed by atoms with van der Waals surface area (Å²) in [5.41, 5.74) is -0.434. The molecule has 2 aliphatic heterocycles. The lowest BCUT2D eigenvalue weighted by molar-refractivity contribution is -0.133. The number of hydrogen-bond acceptors (Lipinski definition) is 6. The molecule has 0 bridgehead atoms. The fraction of sp³-hybridized carbons (Fsp3) is 0.333. The molecule has 2 fully saturated rings. The summed E-state index contributed by atoms with van der Waals surface area (Å²) >= 11 is 0. The highest BCUT2D eigenvalue weighted by atomic mass is 32.2. The quantitative estimate of drug-likeness (QED) is 0.680. The highest BCUT2D eigenvalue weighted by Crippen LogP contribution is 2.29. The molecule has 2 saturated heterocycles. The molecule has 4 rings (SSSR count). The van der Waals surface area contributed by atoms with Crippen LogP contribution >= 0.6 is 0 Å². The number of nitrogens with zero attached hydrogens (tertiary/aromatic N) is 3. The molecule has 3 heterocycles. The normalized spacial score (nSPS) is 23.6. The van der Waals surface area contributed by atoms with Crippen molar-refractivity contribution in [2.75, 3.05) is 32.8 Å². The maximum Gasteiger partial charge on any atom is 0.326 e. The molecule has 0 spiro atoms. The van der Waals surface area contributed by atoms with Crippen molar-refractivity contribution in [1.82, 2.24) is 19.4 Å². The second kappa shape index (κ2) is 8.29. The van der Waals surface area contributed by atoms with E-state index in [1.807, 2.05) is 35.2 Å². The molecular formula is C21H24N4O5S. The molecule has 1 aromatic heterocycles. The minimum atomic E-state index is -3.55. The fourth-order valence-corrected chi connectivity index (χ4v) is 4.87. The molecule has 1 N–H and O–H groups in total. The third kappa shape index (κ3) is 4.27. The molecule has 3 amide bonds. The molecule has 31 heavy (non-hydrogen) atoms. The molecule has 0 saturated carbocycles. The third-order valence-corrected chi connectivity index (χ3v) is 7.12. The Morgan fingerprint density at radius 1 is 1.06 bits per heavy atom. The van der Waals surface area contributed by atoms with Crippen LogP contribution in [0.2, 0.25) is 0 Å². The number of imide groups is 1. The van der Waals surface area contributed by atoms with Crippen LogP contribution in [0.1, 0.15) is 18.2 Å². The summed E-state index contributed by atoms with van der Waals surface area (Å²) in [5, 5.41) is 3.90. The average Bonchev–Trinajstić information content (AvgIpc) is 3.38. The molecule has 164 valence electrons. The zero-order valence-corrected chi connectivity index (χ0v) is 17.9. The summed E-state index contributed by atoms with van der Waals surface area (Å²) in [4.78, 5) is 28.3. The van der Waals surface area contributed by atoms with Gasteiger partial charge in [0.15, 0.2) is 5.54 Å². The zero-order chi connectivity index (χ0) is 22.1. The van der Waals surface area contributed by atoms with Gasteiger partial charge in [0.2, 0.25) is 10.0 Å². The monoisotopic (exact) mass is 444 g/mol. The number of nitrogens with one attached hydrogen (secondary N) is 1. The SMILES string of the molecule is CC1(c2ccco2)NC(=O)N(CN2CCN(S(=O)(=O)/C=C/c3ccccc3)CC2)C1=O. The van der Waals surface area contributed by atoms with Gasteiger partial charge in [0.25, 0.3) is 5.91 Å². The van der Waals surface area contributed by atoms with Crippen LogP contribution in [0, 0.1) is 0 Å². The van der Waals surface area contributed by atoms with E-state index in [1.54, 1.807) is 25.1 Å². The van der Waals surface area contributed by atoms with Gasteiger partial charge in [-0.15, -0.1) is 0 Å². The topological polar surface area (TPSA) is 103 Å². The number of hydrogen-bond donors (Lipinski definition) is 1. The smallest absolute Gasteiger partial charge is 0.326 e. The van der Waals surface area contributed by atoms with Crippen LogP contribution in [0.25, 0.3) is 6.08 Å². The summed E-state index contributed by atoms with van der Waals surface area (Å²) < 4.78 is 32.0. The maximum atomic E-state index is 12.9. The van der Waals surface area contributed by atoms with E-state index in [1.165, 1.54) is 16.0 Å². The average molecular weight is 445 g/mol. The Bertz CT molecular complexity index is 1080. The van der Waals surface area contributed by atoms with Crippen LogP contribution in [-0.4, -0.2) is 67.3 Å². The summed E-state index contributed by atoms with van der Waals surface area (Å²) in [7, 11) is -3.55. The van der Waals surface area contributed by atoms with Gasteiger partial charge in [0.05, 0.1) is 12.9 Å². The number of rotatable bonds is 6. The molecule has 1 aromatic carbocycles. The van der Waals surface area contributed by atoms with Gasteiger partial charge in [0, 0.05) is 31.6 Å².